The Morgan fingerprint density at radius 3 is 2.56 bits per heavy atom. The third-order valence-corrected chi connectivity index (χ3v) is 5.93. The number of ketones is 1. The van der Waals surface area contributed by atoms with Crippen molar-refractivity contribution < 1.29 is 14.3 Å². The first-order valence-corrected chi connectivity index (χ1v) is 9.54. The lowest BCUT2D eigenvalue weighted by molar-refractivity contribution is 0.0201. The summed E-state index contributed by atoms with van der Waals surface area (Å²) in [6.07, 6.45) is 3.71. The molecule has 3 rings (SSSR count). The molecule has 2 aromatic rings. The highest BCUT2D eigenvalue weighted by molar-refractivity contribution is 7.20. The highest BCUT2D eigenvalue weighted by Gasteiger charge is 2.32. The second-order valence-corrected chi connectivity index (χ2v) is 8.48. The van der Waals surface area contributed by atoms with Crippen molar-refractivity contribution in [2.24, 2.45) is 17.6 Å². The maximum Gasteiger partial charge on any atom is 0.405 e. The summed E-state index contributed by atoms with van der Waals surface area (Å²) in [7, 11) is 0. The van der Waals surface area contributed by atoms with Crippen LogP contribution in [0, 0.1) is 11.8 Å². The number of para-hydroxylation sites is 1. The first kappa shape index (κ1) is 17.9. The van der Waals surface area contributed by atoms with Crippen molar-refractivity contribution in [1.82, 2.24) is 4.98 Å². The summed E-state index contributed by atoms with van der Waals surface area (Å²) in [4.78, 5) is 28.2. The number of nitrogens with two attached hydrogens (primary N) is 1. The van der Waals surface area contributed by atoms with E-state index in [1.165, 1.54) is 11.3 Å². The molecule has 1 amide bonds. The number of amides is 1. The van der Waals surface area contributed by atoms with Crippen molar-refractivity contribution >= 4 is 33.4 Å². The van der Waals surface area contributed by atoms with Gasteiger partial charge in [0, 0.05) is 5.92 Å². The maximum absolute atomic E-state index is 12.8. The quantitative estimate of drug-likeness (QED) is 0.793. The van der Waals surface area contributed by atoms with Gasteiger partial charge in [0.25, 0.3) is 0 Å². The first-order chi connectivity index (χ1) is 11.8. The molecule has 0 unspecified atom stereocenters. The molecule has 1 aromatic carbocycles. The van der Waals surface area contributed by atoms with Gasteiger partial charge in [0.05, 0.1) is 10.2 Å². The van der Waals surface area contributed by atoms with Crippen LogP contribution in [0.1, 0.15) is 55.8 Å². The van der Waals surface area contributed by atoms with E-state index in [9.17, 15) is 9.59 Å². The molecule has 1 heterocycles. The number of hydrogen-bond donors (Lipinski definition) is 1. The first-order valence-electron chi connectivity index (χ1n) is 8.72. The van der Waals surface area contributed by atoms with Gasteiger partial charge >= 0.3 is 6.09 Å². The summed E-state index contributed by atoms with van der Waals surface area (Å²) < 4.78 is 6.24. The Morgan fingerprint density at radius 2 is 1.92 bits per heavy atom. The van der Waals surface area contributed by atoms with Gasteiger partial charge in [-0.15, -0.1) is 11.3 Å². The molecular formula is C19H24N2O3S. The second kappa shape index (κ2) is 7.12. The van der Waals surface area contributed by atoms with Crippen molar-refractivity contribution in [1.29, 1.82) is 0 Å². The lowest BCUT2D eigenvalue weighted by atomic mass is 9.76. The Bertz CT molecular complexity index is 743. The maximum atomic E-state index is 12.8. The SMILES string of the molecule is CC(C)(CC1CCC(C(=O)c2nc3ccccc3s2)CC1)OC(N)=O. The number of thiazole rings is 1. The fourth-order valence-electron chi connectivity index (χ4n) is 3.79. The Hall–Kier alpha value is -1.95. The number of ether oxygens (including phenoxy) is 1. The number of hydrogen-bond acceptors (Lipinski definition) is 5. The molecule has 0 saturated heterocycles. The van der Waals surface area contributed by atoms with Crippen molar-refractivity contribution in [2.45, 2.75) is 51.6 Å². The molecule has 0 atom stereocenters. The minimum Gasteiger partial charge on any atom is -0.444 e. The van der Waals surface area contributed by atoms with Crippen molar-refractivity contribution in [2.75, 3.05) is 0 Å². The minimum absolute atomic E-state index is 0.0528. The molecule has 6 heteroatoms. The number of fused-ring (bicyclic) bond motifs is 1. The van der Waals surface area contributed by atoms with Crippen LogP contribution in [0.15, 0.2) is 24.3 Å². The average Bonchev–Trinajstić information content (AvgIpc) is 2.97. The molecule has 1 aromatic heterocycles. The Morgan fingerprint density at radius 1 is 1.24 bits per heavy atom. The number of Topliss-reactive ketones (excluding diaryl/α,β-unsaturated/α-hetero) is 1. The Balaban J connectivity index is 1.58. The van der Waals surface area contributed by atoms with Crippen LogP contribution < -0.4 is 5.73 Å². The van der Waals surface area contributed by atoms with Gasteiger partial charge in [-0.2, -0.15) is 0 Å². The van der Waals surface area contributed by atoms with E-state index in [-0.39, 0.29) is 11.7 Å². The van der Waals surface area contributed by atoms with Gasteiger partial charge in [-0.3, -0.25) is 4.79 Å². The molecule has 25 heavy (non-hydrogen) atoms. The van der Waals surface area contributed by atoms with Crippen LogP contribution in [0.25, 0.3) is 10.2 Å². The van der Waals surface area contributed by atoms with E-state index in [1.807, 2.05) is 38.1 Å². The van der Waals surface area contributed by atoms with Gasteiger partial charge in [-0.05, 0) is 64.0 Å². The zero-order valence-electron chi connectivity index (χ0n) is 14.7. The topological polar surface area (TPSA) is 82.3 Å². The Kier molecular flexibility index (Phi) is 5.08. The summed E-state index contributed by atoms with van der Waals surface area (Å²) >= 11 is 1.48. The fraction of sp³-hybridized carbons (Fsp3) is 0.526. The highest BCUT2D eigenvalue weighted by Crippen LogP contribution is 2.37. The molecule has 0 bridgehead atoms. The molecule has 2 N–H and O–H groups in total. The number of carbonyl (C=O) groups is 2. The van der Waals surface area contributed by atoms with Gasteiger partial charge in [0.1, 0.15) is 5.60 Å². The predicted octanol–water partition coefficient (Wildman–Crippen LogP) is 4.55. The number of nitrogens with zero attached hydrogens (tertiary/aromatic N) is 1. The van der Waals surface area contributed by atoms with E-state index in [2.05, 4.69) is 4.98 Å². The van der Waals surface area contributed by atoms with Crippen LogP contribution in [-0.4, -0.2) is 22.5 Å². The Labute approximate surface area is 151 Å². The van der Waals surface area contributed by atoms with Crippen molar-refractivity contribution in [3.05, 3.63) is 29.3 Å². The number of primary amides is 1. The van der Waals surface area contributed by atoms with E-state index >= 15 is 0 Å². The third kappa shape index (κ3) is 4.37. The summed E-state index contributed by atoms with van der Waals surface area (Å²) in [6, 6.07) is 7.86. The fourth-order valence-corrected chi connectivity index (χ4v) is 4.77. The molecule has 134 valence electrons. The molecule has 1 aliphatic rings. The van der Waals surface area contributed by atoms with Crippen LogP contribution >= 0.6 is 11.3 Å². The van der Waals surface area contributed by atoms with Gasteiger partial charge in [0.2, 0.25) is 0 Å². The van der Waals surface area contributed by atoms with E-state index in [4.69, 9.17) is 10.5 Å². The van der Waals surface area contributed by atoms with E-state index in [1.54, 1.807) is 0 Å². The summed E-state index contributed by atoms with van der Waals surface area (Å²) in [6.45, 7) is 3.77. The number of rotatable bonds is 5. The van der Waals surface area contributed by atoms with Crippen molar-refractivity contribution in [3.63, 3.8) is 0 Å². The van der Waals surface area contributed by atoms with Crippen molar-refractivity contribution in [3.8, 4) is 0 Å². The van der Waals surface area contributed by atoms with E-state index in [0.717, 1.165) is 42.3 Å². The molecule has 5 nitrogen and oxygen atoms in total. The summed E-state index contributed by atoms with van der Waals surface area (Å²) in [5.41, 5.74) is 5.47. The molecular weight excluding hydrogens is 336 g/mol. The van der Waals surface area contributed by atoms with Gasteiger partial charge in [0.15, 0.2) is 10.8 Å². The minimum atomic E-state index is -0.732. The smallest absolute Gasteiger partial charge is 0.405 e. The van der Waals surface area contributed by atoms with E-state index in [0.29, 0.717) is 10.9 Å². The third-order valence-electron chi connectivity index (χ3n) is 4.88. The molecule has 0 radical (unpaired) electrons. The number of aromatic nitrogens is 1. The summed E-state index contributed by atoms with van der Waals surface area (Å²) in [5, 5.41) is 0.627. The normalized spacial score (nSPS) is 21.2. The molecule has 0 aliphatic heterocycles. The summed E-state index contributed by atoms with van der Waals surface area (Å²) in [5.74, 6) is 0.679. The van der Waals surface area contributed by atoms with Crippen LogP contribution in [-0.2, 0) is 4.74 Å². The monoisotopic (exact) mass is 360 g/mol. The lowest BCUT2D eigenvalue weighted by Crippen LogP contribution is -2.34. The van der Waals surface area contributed by atoms with Crippen LogP contribution in [0.3, 0.4) is 0 Å². The lowest BCUT2D eigenvalue weighted by Gasteiger charge is -2.33. The average molecular weight is 360 g/mol. The van der Waals surface area contributed by atoms with Crippen LogP contribution in [0.2, 0.25) is 0 Å². The zero-order valence-corrected chi connectivity index (χ0v) is 15.5. The zero-order chi connectivity index (χ0) is 18.0. The molecule has 1 saturated carbocycles. The van der Waals surface area contributed by atoms with Gasteiger partial charge in [-0.25, -0.2) is 9.78 Å². The van der Waals surface area contributed by atoms with Gasteiger partial charge < -0.3 is 10.5 Å². The number of carbonyl (C=O) groups excluding carboxylic acids is 2. The highest BCUT2D eigenvalue weighted by atomic mass is 32.1. The standard InChI is InChI=1S/C19H24N2O3S/c1-19(2,24-18(20)23)11-12-7-9-13(10-8-12)16(22)17-21-14-5-3-4-6-15(14)25-17/h3-6,12-13H,7-11H2,1-2H3,(H2,20,23). The van der Waals surface area contributed by atoms with Crippen LogP contribution in [0.4, 0.5) is 4.79 Å². The van der Waals surface area contributed by atoms with Crippen LogP contribution in [0.5, 0.6) is 0 Å². The predicted molar refractivity (Wildman–Crippen MR) is 98.8 cm³/mol. The molecule has 0 spiro atoms. The molecule has 1 aliphatic carbocycles. The van der Waals surface area contributed by atoms with E-state index < -0.39 is 11.7 Å². The number of benzene rings is 1. The second-order valence-electron chi connectivity index (χ2n) is 7.45. The largest absolute Gasteiger partial charge is 0.444 e. The molecule has 1 fully saturated rings. The van der Waals surface area contributed by atoms with Gasteiger partial charge in [-0.1, -0.05) is 12.1 Å².